The molecule has 2 amide bonds. The van der Waals surface area contributed by atoms with Gasteiger partial charge in [-0.2, -0.15) is 0 Å². The molecule has 35 heavy (non-hydrogen) atoms. The summed E-state index contributed by atoms with van der Waals surface area (Å²) in [7, 11) is 6.50. The SMILES string of the molecule is CN=C(c1ccc(C(=O)Nc2c(OC)cc(Cl)cc2C(=O)Nc2ccc(Cl)cn2)c(F)c1)N(C)C. The lowest BCUT2D eigenvalue weighted by atomic mass is 10.1. The van der Waals surface area contributed by atoms with E-state index >= 15 is 0 Å². The van der Waals surface area contributed by atoms with Crippen molar-refractivity contribution in [2.45, 2.75) is 0 Å². The minimum Gasteiger partial charge on any atom is -0.494 e. The highest BCUT2D eigenvalue weighted by Gasteiger charge is 2.22. The molecule has 0 saturated carbocycles. The van der Waals surface area contributed by atoms with Crippen molar-refractivity contribution in [1.29, 1.82) is 0 Å². The second kappa shape index (κ2) is 11.2. The Hall–Kier alpha value is -3.69. The summed E-state index contributed by atoms with van der Waals surface area (Å²) in [6.45, 7) is 0. The lowest BCUT2D eigenvalue weighted by Crippen LogP contribution is -2.24. The van der Waals surface area contributed by atoms with Gasteiger partial charge in [-0.3, -0.25) is 14.6 Å². The van der Waals surface area contributed by atoms with Gasteiger partial charge in [-0.15, -0.1) is 0 Å². The number of carbonyl (C=O) groups is 2. The molecule has 0 atom stereocenters. The summed E-state index contributed by atoms with van der Waals surface area (Å²) in [4.78, 5) is 35.9. The third-order valence-corrected chi connectivity index (χ3v) is 5.29. The van der Waals surface area contributed by atoms with E-state index in [0.717, 1.165) is 0 Å². The van der Waals surface area contributed by atoms with E-state index in [2.05, 4.69) is 20.6 Å². The number of nitrogens with zero attached hydrogens (tertiary/aromatic N) is 3. The molecule has 0 radical (unpaired) electrons. The number of halogens is 3. The third-order valence-electron chi connectivity index (χ3n) is 4.85. The molecule has 1 heterocycles. The Morgan fingerprint density at radius 3 is 2.29 bits per heavy atom. The highest BCUT2D eigenvalue weighted by atomic mass is 35.5. The van der Waals surface area contributed by atoms with Crippen LogP contribution in [0.15, 0.2) is 53.7 Å². The van der Waals surface area contributed by atoms with Crippen LogP contribution in [0.1, 0.15) is 26.3 Å². The highest BCUT2D eigenvalue weighted by Crippen LogP contribution is 2.33. The van der Waals surface area contributed by atoms with Gasteiger partial charge in [-0.05, 0) is 30.3 Å². The molecular formula is C24H22Cl2FN5O3. The van der Waals surface area contributed by atoms with E-state index in [4.69, 9.17) is 27.9 Å². The van der Waals surface area contributed by atoms with Crippen LogP contribution in [0.2, 0.25) is 10.0 Å². The monoisotopic (exact) mass is 517 g/mol. The molecule has 0 aliphatic heterocycles. The zero-order chi connectivity index (χ0) is 25.7. The standard InChI is InChI=1S/C24H22Cl2FN5O3/c1-28-22(32(2)3)13-5-7-16(18(27)9-13)23(33)31-21-17(10-15(26)11-19(21)35-4)24(34)30-20-8-6-14(25)12-29-20/h5-12H,1-4H3,(H,31,33)(H,29,30,34). The van der Waals surface area contributed by atoms with E-state index in [0.29, 0.717) is 16.4 Å². The molecule has 0 bridgehead atoms. The van der Waals surface area contributed by atoms with Gasteiger partial charge in [0.2, 0.25) is 0 Å². The van der Waals surface area contributed by atoms with Crippen LogP contribution < -0.4 is 15.4 Å². The largest absolute Gasteiger partial charge is 0.494 e. The minimum absolute atomic E-state index is 0.00973. The average Bonchev–Trinajstić information content (AvgIpc) is 2.81. The van der Waals surface area contributed by atoms with E-state index < -0.39 is 17.6 Å². The van der Waals surface area contributed by atoms with E-state index in [1.54, 1.807) is 38.2 Å². The van der Waals surface area contributed by atoms with Crippen molar-refractivity contribution < 1.29 is 18.7 Å². The van der Waals surface area contributed by atoms with Gasteiger partial charge in [-0.1, -0.05) is 29.3 Å². The van der Waals surface area contributed by atoms with Gasteiger partial charge in [-0.25, -0.2) is 9.37 Å². The Morgan fingerprint density at radius 1 is 1.00 bits per heavy atom. The van der Waals surface area contributed by atoms with Gasteiger partial charge < -0.3 is 20.3 Å². The normalized spacial score (nSPS) is 11.1. The number of rotatable bonds is 6. The number of amidine groups is 1. The summed E-state index contributed by atoms with van der Waals surface area (Å²) in [5.41, 5.74) is 0.280. The lowest BCUT2D eigenvalue weighted by Gasteiger charge is -2.17. The van der Waals surface area contributed by atoms with Crippen LogP contribution in [-0.4, -0.2) is 55.8 Å². The average molecular weight is 518 g/mol. The fraction of sp³-hybridized carbons (Fsp3) is 0.167. The van der Waals surface area contributed by atoms with Gasteiger partial charge in [0.25, 0.3) is 11.8 Å². The van der Waals surface area contributed by atoms with Gasteiger partial charge in [0.1, 0.15) is 23.2 Å². The second-order valence-electron chi connectivity index (χ2n) is 7.44. The van der Waals surface area contributed by atoms with Crippen LogP contribution in [0.25, 0.3) is 0 Å². The number of aromatic nitrogens is 1. The van der Waals surface area contributed by atoms with Crippen molar-refractivity contribution in [2.75, 3.05) is 38.9 Å². The molecule has 0 spiro atoms. The predicted molar refractivity (Wildman–Crippen MR) is 136 cm³/mol. The number of ether oxygens (including phenoxy) is 1. The molecule has 0 fully saturated rings. The maximum atomic E-state index is 14.9. The predicted octanol–water partition coefficient (Wildman–Crippen LogP) is 4.98. The lowest BCUT2D eigenvalue weighted by molar-refractivity contribution is 0.102. The highest BCUT2D eigenvalue weighted by molar-refractivity contribution is 6.32. The molecule has 3 aromatic rings. The number of hydrogen-bond donors (Lipinski definition) is 2. The molecule has 0 aliphatic carbocycles. The zero-order valence-corrected chi connectivity index (χ0v) is 20.8. The summed E-state index contributed by atoms with van der Waals surface area (Å²) in [6, 6.07) is 9.99. The first-order valence-electron chi connectivity index (χ1n) is 10.2. The molecule has 2 aromatic carbocycles. The van der Waals surface area contributed by atoms with Gasteiger partial charge >= 0.3 is 0 Å². The van der Waals surface area contributed by atoms with E-state index in [1.165, 1.54) is 43.6 Å². The first kappa shape index (κ1) is 25.9. The molecule has 0 unspecified atom stereocenters. The van der Waals surface area contributed by atoms with Crippen LogP contribution in [0.3, 0.4) is 0 Å². The molecule has 2 N–H and O–H groups in total. The number of benzene rings is 2. The number of anilines is 2. The molecule has 8 nitrogen and oxygen atoms in total. The smallest absolute Gasteiger partial charge is 0.259 e. The summed E-state index contributed by atoms with van der Waals surface area (Å²) in [6.07, 6.45) is 1.37. The number of aliphatic imine (C=N–C) groups is 1. The van der Waals surface area contributed by atoms with Crippen LogP contribution in [-0.2, 0) is 0 Å². The van der Waals surface area contributed by atoms with Crippen molar-refractivity contribution in [3.05, 3.63) is 81.2 Å². The summed E-state index contributed by atoms with van der Waals surface area (Å²) < 4.78 is 20.2. The van der Waals surface area contributed by atoms with Crippen LogP contribution in [0.4, 0.5) is 15.9 Å². The summed E-state index contributed by atoms with van der Waals surface area (Å²) >= 11 is 12.0. The maximum absolute atomic E-state index is 14.9. The number of amides is 2. The number of methoxy groups -OCH3 is 1. The van der Waals surface area contributed by atoms with Crippen molar-refractivity contribution in [2.24, 2.45) is 4.99 Å². The van der Waals surface area contributed by atoms with Gasteiger partial charge in [0.15, 0.2) is 0 Å². The van der Waals surface area contributed by atoms with Crippen molar-refractivity contribution in [3.8, 4) is 5.75 Å². The number of nitrogens with one attached hydrogen (secondary N) is 2. The quantitative estimate of drug-likeness (QED) is 0.355. The molecule has 3 rings (SSSR count). The van der Waals surface area contributed by atoms with Crippen LogP contribution in [0, 0.1) is 5.82 Å². The Bertz CT molecular complexity index is 1300. The summed E-state index contributed by atoms with van der Waals surface area (Å²) in [5, 5.41) is 5.76. The number of carbonyl (C=O) groups excluding carboxylic acids is 2. The summed E-state index contributed by atoms with van der Waals surface area (Å²) in [5.74, 6) is -1.27. The minimum atomic E-state index is -0.784. The van der Waals surface area contributed by atoms with Crippen molar-refractivity contribution in [3.63, 3.8) is 0 Å². The topological polar surface area (TPSA) is 95.9 Å². The van der Waals surface area contributed by atoms with Gasteiger partial charge in [0.05, 0.1) is 28.9 Å². The second-order valence-corrected chi connectivity index (χ2v) is 8.31. The fourth-order valence-electron chi connectivity index (χ4n) is 3.29. The third kappa shape index (κ3) is 6.06. The van der Waals surface area contributed by atoms with E-state index in [-0.39, 0.29) is 33.4 Å². The van der Waals surface area contributed by atoms with E-state index in [9.17, 15) is 14.0 Å². The molecule has 182 valence electrons. The molecular weight excluding hydrogens is 496 g/mol. The van der Waals surface area contributed by atoms with Crippen LogP contribution in [0.5, 0.6) is 5.75 Å². The number of hydrogen-bond acceptors (Lipinski definition) is 5. The Morgan fingerprint density at radius 2 is 1.71 bits per heavy atom. The van der Waals surface area contributed by atoms with Crippen molar-refractivity contribution in [1.82, 2.24) is 9.88 Å². The Labute approximate surface area is 211 Å². The van der Waals surface area contributed by atoms with Crippen LogP contribution >= 0.6 is 23.2 Å². The fourth-order valence-corrected chi connectivity index (χ4v) is 3.61. The molecule has 0 aliphatic rings. The molecule has 11 heteroatoms. The number of pyridine rings is 1. The molecule has 0 saturated heterocycles. The maximum Gasteiger partial charge on any atom is 0.259 e. The van der Waals surface area contributed by atoms with Crippen molar-refractivity contribution >= 4 is 52.4 Å². The zero-order valence-electron chi connectivity index (χ0n) is 19.3. The first-order chi connectivity index (χ1) is 16.6. The Kier molecular flexibility index (Phi) is 8.26. The Balaban J connectivity index is 1.95. The van der Waals surface area contributed by atoms with E-state index in [1.807, 2.05) is 0 Å². The van der Waals surface area contributed by atoms with Gasteiger partial charge in [0, 0.05) is 44.0 Å². The molecule has 1 aromatic heterocycles. The first-order valence-corrected chi connectivity index (χ1v) is 11.0.